The third kappa shape index (κ3) is 3.56. The van der Waals surface area contributed by atoms with E-state index in [1.165, 1.54) is 11.1 Å². The maximum Gasteiger partial charge on any atom is 0.0594 e. The van der Waals surface area contributed by atoms with Crippen molar-refractivity contribution in [2.24, 2.45) is 5.92 Å². The van der Waals surface area contributed by atoms with E-state index in [0.29, 0.717) is 11.8 Å². The van der Waals surface area contributed by atoms with E-state index in [4.69, 9.17) is 4.74 Å². The Morgan fingerprint density at radius 1 is 1.06 bits per heavy atom. The number of rotatable bonds is 4. The molecule has 1 unspecified atom stereocenters. The molecule has 1 heterocycles. The second-order valence-electron chi connectivity index (χ2n) is 5.66. The highest BCUT2D eigenvalue weighted by Crippen LogP contribution is 2.23. The largest absolute Gasteiger partial charge is 0.379 e. The van der Waals surface area contributed by atoms with Crippen LogP contribution >= 0.6 is 0 Å². The molecule has 0 amide bonds. The minimum atomic E-state index is 0.641. The third-order valence-electron chi connectivity index (χ3n) is 4.02. The molecule has 0 bridgehead atoms. The molecule has 2 rings (SSSR count). The second-order valence-corrected chi connectivity index (χ2v) is 5.66. The first kappa shape index (κ1) is 13.6. The molecule has 1 aliphatic heterocycles. The lowest BCUT2D eigenvalue weighted by Gasteiger charge is -2.26. The number of nitrogens with zero attached hydrogens (tertiary/aromatic N) is 1. The van der Waals surface area contributed by atoms with Crippen LogP contribution in [0.15, 0.2) is 24.3 Å². The molecule has 0 N–H and O–H groups in total. The summed E-state index contributed by atoms with van der Waals surface area (Å²) < 4.78 is 5.37. The van der Waals surface area contributed by atoms with Gasteiger partial charge in [-0.25, -0.2) is 0 Å². The lowest BCUT2D eigenvalue weighted by Crippen LogP contribution is -2.35. The van der Waals surface area contributed by atoms with Gasteiger partial charge < -0.3 is 4.74 Å². The molecule has 1 aliphatic rings. The summed E-state index contributed by atoms with van der Waals surface area (Å²) in [5, 5.41) is 0. The summed E-state index contributed by atoms with van der Waals surface area (Å²) in [7, 11) is 0. The standard InChI is InChI=1S/C16H25NO/c1-13(2)14(3)16-6-4-15(5-7-16)12-17-8-10-18-11-9-17/h4-7,13-14H,8-12H2,1-3H3. The fourth-order valence-electron chi connectivity index (χ4n) is 2.33. The van der Waals surface area contributed by atoms with E-state index >= 15 is 0 Å². The van der Waals surface area contributed by atoms with Crippen molar-refractivity contribution in [3.8, 4) is 0 Å². The normalized spacial score (nSPS) is 19.1. The zero-order valence-electron chi connectivity index (χ0n) is 11.9. The van der Waals surface area contributed by atoms with Crippen LogP contribution in [0.5, 0.6) is 0 Å². The zero-order chi connectivity index (χ0) is 13.0. The molecule has 1 saturated heterocycles. The Morgan fingerprint density at radius 2 is 1.67 bits per heavy atom. The number of morpholine rings is 1. The van der Waals surface area contributed by atoms with Gasteiger partial charge in [-0.15, -0.1) is 0 Å². The first-order chi connectivity index (χ1) is 8.66. The minimum Gasteiger partial charge on any atom is -0.379 e. The zero-order valence-corrected chi connectivity index (χ0v) is 11.9. The van der Waals surface area contributed by atoms with E-state index in [1.54, 1.807) is 0 Å². The van der Waals surface area contributed by atoms with Gasteiger partial charge in [0.05, 0.1) is 13.2 Å². The van der Waals surface area contributed by atoms with Crippen molar-refractivity contribution >= 4 is 0 Å². The van der Waals surface area contributed by atoms with Crippen LogP contribution in [0.1, 0.15) is 37.8 Å². The van der Waals surface area contributed by atoms with Crippen LogP contribution in [0.25, 0.3) is 0 Å². The van der Waals surface area contributed by atoms with Crippen LogP contribution < -0.4 is 0 Å². The average molecular weight is 247 g/mol. The summed E-state index contributed by atoms with van der Waals surface area (Å²) >= 11 is 0. The summed E-state index contributed by atoms with van der Waals surface area (Å²) in [6.07, 6.45) is 0. The summed E-state index contributed by atoms with van der Waals surface area (Å²) in [5.41, 5.74) is 2.87. The van der Waals surface area contributed by atoms with Gasteiger partial charge in [-0.3, -0.25) is 4.90 Å². The van der Waals surface area contributed by atoms with Gasteiger partial charge >= 0.3 is 0 Å². The molecule has 1 aromatic rings. The topological polar surface area (TPSA) is 12.5 Å². The summed E-state index contributed by atoms with van der Waals surface area (Å²) in [6, 6.07) is 9.15. The van der Waals surface area contributed by atoms with E-state index in [9.17, 15) is 0 Å². The Balaban J connectivity index is 1.94. The fraction of sp³-hybridized carbons (Fsp3) is 0.625. The van der Waals surface area contributed by atoms with Crippen molar-refractivity contribution in [1.29, 1.82) is 0 Å². The van der Waals surface area contributed by atoms with Crippen molar-refractivity contribution in [2.75, 3.05) is 26.3 Å². The molecule has 1 aromatic carbocycles. The maximum absolute atomic E-state index is 5.37. The first-order valence-corrected chi connectivity index (χ1v) is 7.06. The highest BCUT2D eigenvalue weighted by molar-refractivity contribution is 5.25. The highest BCUT2D eigenvalue weighted by atomic mass is 16.5. The van der Waals surface area contributed by atoms with Crippen molar-refractivity contribution in [2.45, 2.75) is 33.2 Å². The van der Waals surface area contributed by atoms with E-state index in [2.05, 4.69) is 49.9 Å². The summed E-state index contributed by atoms with van der Waals surface area (Å²) in [5.74, 6) is 1.34. The van der Waals surface area contributed by atoms with Gasteiger partial charge in [0.25, 0.3) is 0 Å². The lowest BCUT2D eigenvalue weighted by atomic mass is 9.90. The van der Waals surface area contributed by atoms with E-state index in [0.717, 1.165) is 32.8 Å². The van der Waals surface area contributed by atoms with E-state index in [1.807, 2.05) is 0 Å². The molecule has 2 nitrogen and oxygen atoms in total. The van der Waals surface area contributed by atoms with Crippen LogP contribution in [0.3, 0.4) is 0 Å². The lowest BCUT2D eigenvalue weighted by molar-refractivity contribution is 0.0342. The molecule has 0 spiro atoms. The predicted molar refractivity (Wildman–Crippen MR) is 75.8 cm³/mol. The third-order valence-corrected chi connectivity index (χ3v) is 4.02. The van der Waals surface area contributed by atoms with Crippen molar-refractivity contribution in [3.63, 3.8) is 0 Å². The molecule has 0 aliphatic carbocycles. The number of benzene rings is 1. The average Bonchev–Trinajstić information content (AvgIpc) is 2.40. The monoisotopic (exact) mass is 247 g/mol. The van der Waals surface area contributed by atoms with Crippen molar-refractivity contribution in [3.05, 3.63) is 35.4 Å². The Kier molecular flexibility index (Phi) is 4.79. The molecule has 2 heteroatoms. The number of ether oxygens (including phenoxy) is 1. The summed E-state index contributed by atoms with van der Waals surface area (Å²) in [4.78, 5) is 2.46. The smallest absolute Gasteiger partial charge is 0.0594 e. The number of hydrogen-bond donors (Lipinski definition) is 0. The molecular weight excluding hydrogens is 222 g/mol. The van der Waals surface area contributed by atoms with Gasteiger partial charge in [0.2, 0.25) is 0 Å². The first-order valence-electron chi connectivity index (χ1n) is 7.06. The van der Waals surface area contributed by atoms with Crippen LogP contribution in [0.4, 0.5) is 0 Å². The van der Waals surface area contributed by atoms with Crippen molar-refractivity contribution < 1.29 is 4.74 Å². The second kappa shape index (κ2) is 6.35. The van der Waals surface area contributed by atoms with Crippen LogP contribution in [-0.2, 0) is 11.3 Å². The van der Waals surface area contributed by atoms with Crippen LogP contribution in [-0.4, -0.2) is 31.2 Å². The van der Waals surface area contributed by atoms with E-state index in [-0.39, 0.29) is 0 Å². The van der Waals surface area contributed by atoms with E-state index < -0.39 is 0 Å². The molecule has 0 radical (unpaired) electrons. The predicted octanol–water partition coefficient (Wildman–Crippen LogP) is 3.28. The van der Waals surface area contributed by atoms with Crippen molar-refractivity contribution in [1.82, 2.24) is 4.90 Å². The van der Waals surface area contributed by atoms with Gasteiger partial charge in [0.1, 0.15) is 0 Å². The quantitative estimate of drug-likeness (QED) is 0.809. The highest BCUT2D eigenvalue weighted by Gasteiger charge is 2.12. The Hall–Kier alpha value is -0.860. The molecule has 1 fully saturated rings. The Bertz CT molecular complexity index is 352. The SMILES string of the molecule is CC(C)C(C)c1ccc(CN2CCOCC2)cc1. The van der Waals surface area contributed by atoms with Gasteiger partial charge in [0, 0.05) is 19.6 Å². The molecular formula is C16H25NO. The van der Waals surface area contributed by atoms with Gasteiger partial charge in [-0.05, 0) is 23.0 Å². The molecule has 0 saturated carbocycles. The Morgan fingerprint density at radius 3 is 2.22 bits per heavy atom. The van der Waals surface area contributed by atoms with Crippen LogP contribution in [0.2, 0.25) is 0 Å². The molecule has 100 valence electrons. The number of hydrogen-bond acceptors (Lipinski definition) is 2. The van der Waals surface area contributed by atoms with Crippen LogP contribution in [0, 0.1) is 5.92 Å². The molecule has 1 atom stereocenters. The minimum absolute atomic E-state index is 0.641. The van der Waals surface area contributed by atoms with Gasteiger partial charge in [-0.1, -0.05) is 45.0 Å². The summed E-state index contributed by atoms with van der Waals surface area (Å²) in [6.45, 7) is 11.8. The fourth-order valence-corrected chi connectivity index (χ4v) is 2.33. The molecule has 0 aromatic heterocycles. The van der Waals surface area contributed by atoms with Gasteiger partial charge in [0.15, 0.2) is 0 Å². The molecule has 18 heavy (non-hydrogen) atoms. The maximum atomic E-state index is 5.37. The van der Waals surface area contributed by atoms with Gasteiger partial charge in [-0.2, -0.15) is 0 Å². The Labute approximate surface area is 111 Å².